The highest BCUT2D eigenvalue weighted by Crippen LogP contribution is 2.40. The van der Waals surface area contributed by atoms with E-state index in [9.17, 15) is 0 Å². The Bertz CT molecular complexity index is 1230. The van der Waals surface area contributed by atoms with E-state index in [4.69, 9.17) is 19.2 Å². The molecule has 2 heterocycles. The molecule has 0 saturated carbocycles. The number of ether oxygens (including phenoxy) is 3. The summed E-state index contributed by atoms with van der Waals surface area (Å²) in [6, 6.07) is 11.4. The van der Waals surface area contributed by atoms with Crippen molar-refractivity contribution in [2.75, 3.05) is 38.5 Å². The van der Waals surface area contributed by atoms with Gasteiger partial charge in [-0.25, -0.2) is 19.5 Å². The van der Waals surface area contributed by atoms with E-state index in [0.29, 0.717) is 46.7 Å². The van der Waals surface area contributed by atoms with Gasteiger partial charge >= 0.3 is 0 Å². The van der Waals surface area contributed by atoms with Gasteiger partial charge in [-0.15, -0.1) is 0 Å². The van der Waals surface area contributed by atoms with Crippen LogP contribution in [0.4, 0.5) is 17.6 Å². The van der Waals surface area contributed by atoms with Gasteiger partial charge in [0.15, 0.2) is 11.5 Å². The van der Waals surface area contributed by atoms with Crippen LogP contribution in [0.3, 0.4) is 0 Å². The molecule has 0 fully saturated rings. The fourth-order valence-electron chi connectivity index (χ4n) is 3.38. The molecule has 10 heteroatoms. The number of imidazole rings is 1. The summed E-state index contributed by atoms with van der Waals surface area (Å²) in [4.78, 5) is 18.1. The minimum atomic E-state index is 0.363. The monoisotopic (exact) mass is 449 g/mol. The summed E-state index contributed by atoms with van der Waals surface area (Å²) >= 11 is 0. The lowest BCUT2D eigenvalue weighted by Crippen LogP contribution is -2.14. The Morgan fingerprint density at radius 3 is 2.33 bits per heavy atom. The van der Waals surface area contributed by atoms with E-state index in [2.05, 4.69) is 39.4 Å². The van der Waals surface area contributed by atoms with E-state index in [0.717, 1.165) is 17.6 Å². The smallest absolute Gasteiger partial charge is 0.241 e. The summed E-state index contributed by atoms with van der Waals surface area (Å²) in [5.41, 5.74) is 2.42. The number of nitrogens with one attached hydrogen (secondary N) is 2. The van der Waals surface area contributed by atoms with Gasteiger partial charge in [0.05, 0.1) is 32.4 Å². The molecule has 2 aromatic carbocycles. The lowest BCUT2D eigenvalue weighted by Gasteiger charge is -2.15. The average molecular weight is 450 g/mol. The zero-order chi connectivity index (χ0) is 23.4. The molecule has 4 aromatic rings. The topological polar surface area (TPSA) is 108 Å². The lowest BCUT2D eigenvalue weighted by atomic mass is 10.2. The molecule has 0 aliphatic rings. The van der Waals surface area contributed by atoms with Gasteiger partial charge in [0, 0.05) is 24.4 Å². The van der Waals surface area contributed by atoms with Gasteiger partial charge in [-0.05, 0) is 18.1 Å². The van der Waals surface area contributed by atoms with E-state index in [1.54, 1.807) is 33.5 Å². The van der Waals surface area contributed by atoms with Crippen molar-refractivity contribution in [1.82, 2.24) is 24.5 Å². The van der Waals surface area contributed by atoms with E-state index < -0.39 is 0 Å². The van der Waals surface area contributed by atoms with Crippen molar-refractivity contribution in [3.63, 3.8) is 0 Å². The summed E-state index contributed by atoms with van der Waals surface area (Å²) in [6.45, 7) is 5.05. The van der Waals surface area contributed by atoms with Crippen molar-refractivity contribution in [1.29, 1.82) is 0 Å². The zero-order valence-electron chi connectivity index (χ0n) is 19.3. The number of hydrogen-bond acceptors (Lipinski definition) is 9. The highest BCUT2D eigenvalue weighted by atomic mass is 16.5. The summed E-state index contributed by atoms with van der Waals surface area (Å²) in [7, 11) is 4.70. The first kappa shape index (κ1) is 22.1. The van der Waals surface area contributed by atoms with Crippen LogP contribution in [0, 0.1) is 5.92 Å². The molecule has 4 rings (SSSR count). The first-order valence-corrected chi connectivity index (χ1v) is 10.5. The van der Waals surface area contributed by atoms with Gasteiger partial charge in [0.2, 0.25) is 23.6 Å². The minimum absolute atomic E-state index is 0.363. The molecule has 0 unspecified atom stereocenters. The molecule has 0 saturated heterocycles. The number of hydrogen-bond donors (Lipinski definition) is 2. The second-order valence-corrected chi connectivity index (χ2v) is 7.68. The molecule has 0 aliphatic carbocycles. The highest BCUT2D eigenvalue weighted by molar-refractivity contribution is 5.80. The summed E-state index contributed by atoms with van der Waals surface area (Å²) in [5, 5.41) is 6.59. The summed E-state index contributed by atoms with van der Waals surface area (Å²) in [6.07, 6.45) is 1.46. The van der Waals surface area contributed by atoms with Crippen LogP contribution in [-0.4, -0.2) is 52.4 Å². The van der Waals surface area contributed by atoms with Crippen molar-refractivity contribution in [3.05, 3.63) is 42.7 Å². The van der Waals surface area contributed by atoms with Crippen LogP contribution < -0.4 is 24.8 Å². The number of nitrogens with zero attached hydrogens (tertiary/aromatic N) is 5. The largest absolute Gasteiger partial charge is 0.493 e. The molecule has 33 heavy (non-hydrogen) atoms. The normalized spacial score (nSPS) is 11.0. The van der Waals surface area contributed by atoms with Crippen molar-refractivity contribution in [2.45, 2.75) is 13.8 Å². The Labute approximate surface area is 192 Å². The van der Waals surface area contributed by atoms with Crippen molar-refractivity contribution in [3.8, 4) is 23.2 Å². The number of rotatable bonds is 9. The lowest BCUT2D eigenvalue weighted by molar-refractivity contribution is 0.324. The predicted octanol–water partition coefficient (Wildman–Crippen LogP) is 4.05. The number of anilines is 3. The van der Waals surface area contributed by atoms with Gasteiger partial charge in [-0.2, -0.15) is 4.98 Å². The van der Waals surface area contributed by atoms with Crippen LogP contribution in [0.25, 0.3) is 17.0 Å². The van der Waals surface area contributed by atoms with E-state index in [1.807, 2.05) is 28.8 Å². The predicted molar refractivity (Wildman–Crippen MR) is 127 cm³/mol. The fourth-order valence-corrected chi connectivity index (χ4v) is 3.38. The third-order valence-electron chi connectivity index (χ3n) is 4.91. The van der Waals surface area contributed by atoms with Crippen molar-refractivity contribution < 1.29 is 14.2 Å². The number of para-hydroxylation sites is 2. The van der Waals surface area contributed by atoms with Gasteiger partial charge in [0.25, 0.3) is 0 Å². The molecule has 0 spiro atoms. The van der Waals surface area contributed by atoms with Crippen LogP contribution in [-0.2, 0) is 0 Å². The number of benzene rings is 2. The maximum atomic E-state index is 5.43. The second kappa shape index (κ2) is 9.60. The minimum Gasteiger partial charge on any atom is -0.493 e. The molecule has 10 nitrogen and oxygen atoms in total. The molecule has 0 bridgehead atoms. The van der Waals surface area contributed by atoms with Crippen molar-refractivity contribution >= 4 is 28.6 Å². The van der Waals surface area contributed by atoms with Gasteiger partial charge in [-0.1, -0.05) is 26.0 Å². The van der Waals surface area contributed by atoms with Crippen LogP contribution in [0.15, 0.2) is 42.7 Å². The number of methoxy groups -OCH3 is 3. The Hall–Kier alpha value is -4.08. The average Bonchev–Trinajstić information content (AvgIpc) is 3.20. The maximum Gasteiger partial charge on any atom is 0.241 e. The van der Waals surface area contributed by atoms with Crippen LogP contribution in [0.5, 0.6) is 17.2 Å². The first-order valence-electron chi connectivity index (χ1n) is 10.5. The zero-order valence-corrected chi connectivity index (χ0v) is 19.3. The maximum absolute atomic E-state index is 5.43. The molecule has 0 aliphatic heterocycles. The molecule has 0 atom stereocenters. The molecular formula is C23H27N7O3. The third-order valence-corrected chi connectivity index (χ3v) is 4.91. The first-order chi connectivity index (χ1) is 16.0. The molecule has 0 radical (unpaired) electrons. The van der Waals surface area contributed by atoms with E-state index in [-0.39, 0.29) is 0 Å². The van der Waals surface area contributed by atoms with E-state index in [1.165, 1.54) is 6.33 Å². The van der Waals surface area contributed by atoms with Crippen molar-refractivity contribution in [2.24, 2.45) is 5.92 Å². The number of fused-ring (bicyclic) bond motifs is 1. The summed E-state index contributed by atoms with van der Waals surface area (Å²) < 4.78 is 18.1. The highest BCUT2D eigenvalue weighted by Gasteiger charge is 2.17. The standard InChI is InChI=1S/C23H27N7O3/c1-14(2)12-24-22-28-16-8-6-7-9-17(16)30(22)23-26-13-25-21(29-23)27-15-10-18(31-3)20(33-5)19(11-15)32-4/h6-11,13-14H,12H2,1-5H3,(H,24,28)(H,25,26,27,29). The van der Waals surface area contributed by atoms with Gasteiger partial charge < -0.3 is 24.8 Å². The third kappa shape index (κ3) is 4.59. The van der Waals surface area contributed by atoms with Gasteiger partial charge in [0.1, 0.15) is 6.33 Å². The summed E-state index contributed by atoms with van der Waals surface area (Å²) in [5.74, 6) is 3.49. The Morgan fingerprint density at radius 2 is 1.67 bits per heavy atom. The molecule has 172 valence electrons. The fraction of sp³-hybridized carbons (Fsp3) is 0.304. The van der Waals surface area contributed by atoms with Gasteiger partial charge in [-0.3, -0.25) is 0 Å². The molecular weight excluding hydrogens is 422 g/mol. The van der Waals surface area contributed by atoms with E-state index >= 15 is 0 Å². The molecule has 0 amide bonds. The Morgan fingerprint density at radius 1 is 0.939 bits per heavy atom. The SMILES string of the molecule is COc1cc(Nc2ncnc(-n3c(NCC(C)C)nc4ccccc43)n2)cc(OC)c1OC. The quantitative estimate of drug-likeness (QED) is 0.391. The Kier molecular flexibility index (Phi) is 6.43. The number of aromatic nitrogens is 5. The molecule has 2 N–H and O–H groups in total. The van der Waals surface area contributed by atoms with Crippen LogP contribution in [0.2, 0.25) is 0 Å². The second-order valence-electron chi connectivity index (χ2n) is 7.68. The Balaban J connectivity index is 1.72. The van der Waals surface area contributed by atoms with Crippen LogP contribution in [0.1, 0.15) is 13.8 Å². The van der Waals surface area contributed by atoms with Crippen LogP contribution >= 0.6 is 0 Å². The molecule has 2 aromatic heterocycles.